The minimum Gasteiger partial charge on any atom is -0.148 e. The van der Waals surface area contributed by atoms with E-state index in [1.54, 1.807) is 0 Å². The SMILES string of the molecule is CCC1SCCC(C)S1. The highest BCUT2D eigenvalue weighted by atomic mass is 32.2. The van der Waals surface area contributed by atoms with Crippen molar-refractivity contribution in [1.82, 2.24) is 0 Å². The Morgan fingerprint density at radius 3 is 2.78 bits per heavy atom. The molecule has 1 heterocycles. The zero-order chi connectivity index (χ0) is 6.69. The third-order valence-electron chi connectivity index (χ3n) is 1.55. The molecular formula is C7H14S2. The maximum Gasteiger partial charge on any atom is 0.0502 e. The molecule has 0 radical (unpaired) electrons. The minimum atomic E-state index is 0.897. The molecule has 0 saturated carbocycles. The molecule has 0 aromatic carbocycles. The first kappa shape index (κ1) is 7.80. The molecule has 2 unspecified atom stereocenters. The van der Waals surface area contributed by atoms with Crippen molar-refractivity contribution in [3.8, 4) is 0 Å². The number of hydrogen-bond donors (Lipinski definition) is 0. The van der Waals surface area contributed by atoms with Crippen LogP contribution in [0.2, 0.25) is 0 Å². The average molecular weight is 162 g/mol. The molecule has 1 rings (SSSR count). The fourth-order valence-corrected chi connectivity index (χ4v) is 4.22. The van der Waals surface area contributed by atoms with Gasteiger partial charge in [-0.25, -0.2) is 0 Å². The lowest BCUT2D eigenvalue weighted by Gasteiger charge is -2.24. The zero-order valence-electron chi connectivity index (χ0n) is 6.09. The third-order valence-corrected chi connectivity index (χ3v) is 4.80. The predicted molar refractivity (Wildman–Crippen MR) is 48.2 cm³/mol. The second kappa shape index (κ2) is 3.77. The minimum absolute atomic E-state index is 0.897. The van der Waals surface area contributed by atoms with Crippen LogP contribution in [0.15, 0.2) is 0 Å². The molecule has 0 bridgehead atoms. The molecule has 54 valence electrons. The molecule has 2 atom stereocenters. The summed E-state index contributed by atoms with van der Waals surface area (Å²) < 4.78 is 0.897. The molecule has 0 amide bonds. The molecule has 1 saturated heterocycles. The molecule has 1 fully saturated rings. The second-order valence-corrected chi connectivity index (χ2v) is 5.70. The van der Waals surface area contributed by atoms with Gasteiger partial charge in [-0.3, -0.25) is 0 Å². The summed E-state index contributed by atoms with van der Waals surface area (Å²) in [6.45, 7) is 4.62. The van der Waals surface area contributed by atoms with Gasteiger partial charge in [0, 0.05) is 5.25 Å². The lowest BCUT2D eigenvalue weighted by Crippen LogP contribution is -2.12. The van der Waals surface area contributed by atoms with E-state index in [4.69, 9.17) is 0 Å². The summed E-state index contributed by atoms with van der Waals surface area (Å²) in [6.07, 6.45) is 2.74. The van der Waals surface area contributed by atoms with Crippen LogP contribution < -0.4 is 0 Å². The Bertz CT molecular complexity index is 83.0. The largest absolute Gasteiger partial charge is 0.148 e. The van der Waals surface area contributed by atoms with Gasteiger partial charge in [-0.2, -0.15) is 0 Å². The van der Waals surface area contributed by atoms with Crippen LogP contribution in [0, 0.1) is 0 Å². The highest BCUT2D eigenvalue weighted by molar-refractivity contribution is 8.17. The summed E-state index contributed by atoms with van der Waals surface area (Å²) in [5.41, 5.74) is 0. The fourth-order valence-electron chi connectivity index (χ4n) is 0.946. The molecule has 0 aromatic rings. The van der Waals surface area contributed by atoms with Gasteiger partial charge in [0.2, 0.25) is 0 Å². The summed E-state index contributed by atoms with van der Waals surface area (Å²) in [4.78, 5) is 0. The van der Waals surface area contributed by atoms with E-state index in [2.05, 4.69) is 37.4 Å². The first-order valence-electron chi connectivity index (χ1n) is 3.60. The van der Waals surface area contributed by atoms with Crippen molar-refractivity contribution >= 4 is 23.5 Å². The molecule has 9 heavy (non-hydrogen) atoms. The lowest BCUT2D eigenvalue weighted by atomic mass is 10.4. The van der Waals surface area contributed by atoms with E-state index in [-0.39, 0.29) is 0 Å². The molecule has 0 aliphatic carbocycles. The van der Waals surface area contributed by atoms with Crippen LogP contribution in [-0.2, 0) is 0 Å². The van der Waals surface area contributed by atoms with Crippen LogP contribution in [-0.4, -0.2) is 15.6 Å². The van der Waals surface area contributed by atoms with E-state index >= 15 is 0 Å². The van der Waals surface area contributed by atoms with Gasteiger partial charge in [0.1, 0.15) is 0 Å². The third kappa shape index (κ3) is 2.42. The van der Waals surface area contributed by atoms with Crippen molar-refractivity contribution in [3.05, 3.63) is 0 Å². The summed E-state index contributed by atoms with van der Waals surface area (Å²) >= 11 is 4.28. The van der Waals surface area contributed by atoms with E-state index < -0.39 is 0 Å². The highest BCUT2D eigenvalue weighted by Crippen LogP contribution is 2.36. The Kier molecular flexibility index (Phi) is 3.27. The Morgan fingerprint density at radius 1 is 1.56 bits per heavy atom. The van der Waals surface area contributed by atoms with Crippen molar-refractivity contribution in [2.45, 2.75) is 36.5 Å². The van der Waals surface area contributed by atoms with Gasteiger partial charge >= 0.3 is 0 Å². The van der Waals surface area contributed by atoms with E-state index in [9.17, 15) is 0 Å². The van der Waals surface area contributed by atoms with Crippen LogP contribution in [0.25, 0.3) is 0 Å². The van der Waals surface area contributed by atoms with E-state index in [1.807, 2.05) is 0 Å². The number of thioether (sulfide) groups is 2. The van der Waals surface area contributed by atoms with Crippen molar-refractivity contribution < 1.29 is 0 Å². The van der Waals surface area contributed by atoms with E-state index in [0.717, 1.165) is 9.83 Å². The second-order valence-electron chi connectivity index (χ2n) is 2.44. The Labute approximate surface area is 66.2 Å². The predicted octanol–water partition coefficient (Wildman–Crippen LogP) is 2.98. The van der Waals surface area contributed by atoms with Gasteiger partial charge in [-0.1, -0.05) is 13.8 Å². The normalized spacial score (nSPS) is 36.7. The van der Waals surface area contributed by atoms with Gasteiger partial charge < -0.3 is 0 Å². The van der Waals surface area contributed by atoms with Gasteiger partial charge in [-0.05, 0) is 18.6 Å². The van der Waals surface area contributed by atoms with Gasteiger partial charge in [0.25, 0.3) is 0 Å². The van der Waals surface area contributed by atoms with E-state index in [0.29, 0.717) is 0 Å². The van der Waals surface area contributed by atoms with Crippen LogP contribution in [0.3, 0.4) is 0 Å². The van der Waals surface area contributed by atoms with Crippen molar-refractivity contribution in [2.24, 2.45) is 0 Å². The Hall–Kier alpha value is 0.700. The molecule has 1 aliphatic heterocycles. The monoisotopic (exact) mass is 162 g/mol. The number of hydrogen-bond acceptors (Lipinski definition) is 2. The summed E-state index contributed by atoms with van der Waals surface area (Å²) in [6, 6.07) is 0. The molecule has 1 aliphatic rings. The molecule has 2 heteroatoms. The first-order valence-corrected chi connectivity index (χ1v) is 5.59. The van der Waals surface area contributed by atoms with Crippen LogP contribution in [0.5, 0.6) is 0 Å². The quantitative estimate of drug-likeness (QED) is 0.581. The molecule has 0 nitrogen and oxygen atoms in total. The maximum absolute atomic E-state index is 2.34. The van der Waals surface area contributed by atoms with Crippen LogP contribution in [0.4, 0.5) is 0 Å². The summed E-state index contributed by atoms with van der Waals surface area (Å²) in [5, 5.41) is 0.913. The number of rotatable bonds is 1. The van der Waals surface area contributed by atoms with E-state index in [1.165, 1.54) is 18.6 Å². The van der Waals surface area contributed by atoms with Crippen LogP contribution in [0.1, 0.15) is 26.7 Å². The molecule has 0 aromatic heterocycles. The van der Waals surface area contributed by atoms with Crippen molar-refractivity contribution in [2.75, 3.05) is 5.75 Å². The smallest absolute Gasteiger partial charge is 0.0502 e. The summed E-state index contributed by atoms with van der Waals surface area (Å²) in [7, 11) is 0. The zero-order valence-corrected chi connectivity index (χ0v) is 7.73. The molecule has 0 spiro atoms. The standard InChI is InChI=1S/C7H14S2/c1-3-7-8-5-4-6(2)9-7/h6-7H,3-5H2,1-2H3. The molecule has 0 N–H and O–H groups in total. The van der Waals surface area contributed by atoms with Crippen LogP contribution >= 0.6 is 23.5 Å². The maximum atomic E-state index is 2.34. The fraction of sp³-hybridized carbons (Fsp3) is 1.00. The average Bonchev–Trinajstić information content (AvgIpc) is 1.88. The molecular weight excluding hydrogens is 148 g/mol. The topological polar surface area (TPSA) is 0 Å². The van der Waals surface area contributed by atoms with Gasteiger partial charge in [-0.15, -0.1) is 23.5 Å². The summed E-state index contributed by atoms with van der Waals surface area (Å²) in [5.74, 6) is 1.38. The van der Waals surface area contributed by atoms with Crippen molar-refractivity contribution in [3.63, 3.8) is 0 Å². The highest BCUT2D eigenvalue weighted by Gasteiger charge is 2.17. The van der Waals surface area contributed by atoms with Gasteiger partial charge in [0.05, 0.1) is 4.58 Å². The van der Waals surface area contributed by atoms with Crippen molar-refractivity contribution in [1.29, 1.82) is 0 Å². The lowest BCUT2D eigenvalue weighted by molar-refractivity contribution is 0.889. The Morgan fingerprint density at radius 2 is 2.33 bits per heavy atom. The Balaban J connectivity index is 2.23. The van der Waals surface area contributed by atoms with Gasteiger partial charge in [0.15, 0.2) is 0 Å². The first-order chi connectivity index (χ1) is 4.33.